The molecule has 3 nitrogen and oxygen atoms in total. The SMILES string of the molecule is O=[N+]([O-])CCSC1CCCCC1. The van der Waals surface area contributed by atoms with Crippen LogP contribution in [-0.2, 0) is 0 Å². The first-order chi connectivity index (χ1) is 5.79. The lowest BCUT2D eigenvalue weighted by molar-refractivity contribution is -0.474. The lowest BCUT2D eigenvalue weighted by Gasteiger charge is -2.19. The molecule has 0 bridgehead atoms. The van der Waals surface area contributed by atoms with E-state index in [0.29, 0.717) is 11.0 Å². The molecule has 0 aromatic rings. The van der Waals surface area contributed by atoms with Crippen LogP contribution in [0.4, 0.5) is 0 Å². The molecule has 12 heavy (non-hydrogen) atoms. The molecule has 0 amide bonds. The van der Waals surface area contributed by atoms with Crippen LogP contribution in [0, 0.1) is 10.1 Å². The number of nitrogens with zero attached hydrogens (tertiary/aromatic N) is 1. The first kappa shape index (κ1) is 9.84. The minimum Gasteiger partial charge on any atom is -0.265 e. The molecule has 0 atom stereocenters. The molecule has 0 aliphatic heterocycles. The predicted molar refractivity (Wildman–Crippen MR) is 51.2 cm³/mol. The Hall–Kier alpha value is -0.250. The highest BCUT2D eigenvalue weighted by Gasteiger charge is 2.13. The van der Waals surface area contributed by atoms with E-state index in [1.165, 1.54) is 32.1 Å². The van der Waals surface area contributed by atoms with Gasteiger partial charge < -0.3 is 0 Å². The first-order valence-corrected chi connectivity index (χ1v) is 5.57. The van der Waals surface area contributed by atoms with Gasteiger partial charge in [-0.2, -0.15) is 11.8 Å². The van der Waals surface area contributed by atoms with E-state index in [1.54, 1.807) is 11.8 Å². The van der Waals surface area contributed by atoms with Crippen molar-refractivity contribution >= 4 is 11.8 Å². The van der Waals surface area contributed by atoms with Crippen LogP contribution in [0.15, 0.2) is 0 Å². The van der Waals surface area contributed by atoms with Gasteiger partial charge in [0, 0.05) is 10.2 Å². The van der Waals surface area contributed by atoms with Gasteiger partial charge in [0.15, 0.2) is 0 Å². The minimum atomic E-state index is -0.226. The van der Waals surface area contributed by atoms with Gasteiger partial charge >= 0.3 is 0 Å². The average Bonchev–Trinajstić information content (AvgIpc) is 2.05. The van der Waals surface area contributed by atoms with Crippen LogP contribution in [0.2, 0.25) is 0 Å². The molecule has 0 N–H and O–H groups in total. The van der Waals surface area contributed by atoms with Crippen molar-refractivity contribution in [3.8, 4) is 0 Å². The highest BCUT2D eigenvalue weighted by Crippen LogP contribution is 2.27. The van der Waals surface area contributed by atoms with Crippen molar-refractivity contribution in [2.45, 2.75) is 37.4 Å². The van der Waals surface area contributed by atoms with E-state index in [2.05, 4.69) is 0 Å². The molecule has 0 aromatic heterocycles. The maximum Gasteiger partial charge on any atom is 0.212 e. The van der Waals surface area contributed by atoms with Crippen molar-refractivity contribution < 1.29 is 4.92 Å². The molecule has 4 heteroatoms. The summed E-state index contributed by atoms with van der Waals surface area (Å²) in [5.74, 6) is 0.692. The molecule has 0 unspecified atom stereocenters. The Labute approximate surface area is 77.1 Å². The van der Waals surface area contributed by atoms with Gasteiger partial charge in [0.2, 0.25) is 6.54 Å². The van der Waals surface area contributed by atoms with Crippen molar-refractivity contribution in [1.82, 2.24) is 0 Å². The van der Waals surface area contributed by atoms with E-state index in [9.17, 15) is 10.1 Å². The fourth-order valence-corrected chi connectivity index (χ4v) is 2.78. The van der Waals surface area contributed by atoms with Gasteiger partial charge in [0.1, 0.15) is 0 Å². The van der Waals surface area contributed by atoms with Gasteiger partial charge in [-0.25, -0.2) is 0 Å². The molecular formula is C8H15NO2S. The first-order valence-electron chi connectivity index (χ1n) is 4.52. The van der Waals surface area contributed by atoms with Crippen LogP contribution in [0.25, 0.3) is 0 Å². The fraction of sp³-hybridized carbons (Fsp3) is 1.00. The standard InChI is InChI=1S/C8H15NO2S/c10-9(11)6-7-12-8-4-2-1-3-5-8/h8H,1-7H2. The number of hydrogen-bond acceptors (Lipinski definition) is 3. The third-order valence-corrected chi connectivity index (χ3v) is 3.54. The Morgan fingerprint density at radius 1 is 1.33 bits per heavy atom. The lowest BCUT2D eigenvalue weighted by atomic mass is 10.0. The largest absolute Gasteiger partial charge is 0.265 e. The molecule has 0 spiro atoms. The zero-order valence-corrected chi connectivity index (χ0v) is 8.02. The zero-order chi connectivity index (χ0) is 8.81. The predicted octanol–water partition coefficient (Wildman–Crippen LogP) is 2.33. The Kier molecular flexibility index (Phi) is 4.43. The van der Waals surface area contributed by atoms with Crippen molar-refractivity contribution in [3.63, 3.8) is 0 Å². The maximum atomic E-state index is 10.0. The molecule has 1 fully saturated rings. The Bertz CT molecular complexity index is 146. The molecule has 1 aliphatic carbocycles. The topological polar surface area (TPSA) is 43.1 Å². The summed E-state index contributed by atoms with van der Waals surface area (Å²) in [5, 5.41) is 10.7. The van der Waals surface area contributed by atoms with Gasteiger partial charge in [0.25, 0.3) is 0 Å². The van der Waals surface area contributed by atoms with Gasteiger partial charge in [-0.15, -0.1) is 0 Å². The molecule has 0 saturated heterocycles. The summed E-state index contributed by atoms with van der Waals surface area (Å²) in [6.45, 7) is 0.126. The molecule has 1 saturated carbocycles. The third-order valence-electron chi connectivity index (χ3n) is 2.18. The number of thioether (sulfide) groups is 1. The second-order valence-corrected chi connectivity index (χ2v) is 4.60. The summed E-state index contributed by atoms with van der Waals surface area (Å²) in [6.07, 6.45) is 6.52. The average molecular weight is 189 g/mol. The van der Waals surface area contributed by atoms with Crippen LogP contribution in [0.3, 0.4) is 0 Å². The van der Waals surface area contributed by atoms with E-state index in [0.717, 1.165) is 0 Å². The normalized spacial score (nSPS) is 19.3. The number of hydrogen-bond donors (Lipinski definition) is 0. The van der Waals surface area contributed by atoms with E-state index in [-0.39, 0.29) is 11.5 Å². The molecule has 0 radical (unpaired) electrons. The summed E-state index contributed by atoms with van der Waals surface area (Å²) >= 11 is 1.78. The summed E-state index contributed by atoms with van der Waals surface area (Å²) in [7, 11) is 0. The lowest BCUT2D eigenvalue weighted by Crippen LogP contribution is -2.11. The van der Waals surface area contributed by atoms with Crippen molar-refractivity contribution in [1.29, 1.82) is 0 Å². The smallest absolute Gasteiger partial charge is 0.212 e. The van der Waals surface area contributed by atoms with Crippen molar-refractivity contribution in [2.24, 2.45) is 0 Å². The maximum absolute atomic E-state index is 10.0. The van der Waals surface area contributed by atoms with Gasteiger partial charge in [-0.05, 0) is 12.8 Å². The van der Waals surface area contributed by atoms with Gasteiger partial charge in [-0.3, -0.25) is 10.1 Å². The van der Waals surface area contributed by atoms with E-state index < -0.39 is 0 Å². The zero-order valence-electron chi connectivity index (χ0n) is 7.20. The van der Waals surface area contributed by atoms with Crippen LogP contribution in [-0.4, -0.2) is 22.5 Å². The fourth-order valence-electron chi connectivity index (χ4n) is 1.53. The number of rotatable bonds is 4. The Morgan fingerprint density at radius 3 is 2.58 bits per heavy atom. The van der Waals surface area contributed by atoms with Gasteiger partial charge in [-0.1, -0.05) is 19.3 Å². The summed E-state index contributed by atoms with van der Waals surface area (Å²) in [5.41, 5.74) is 0. The highest BCUT2D eigenvalue weighted by molar-refractivity contribution is 7.99. The highest BCUT2D eigenvalue weighted by atomic mass is 32.2. The molecule has 1 aliphatic rings. The van der Waals surface area contributed by atoms with Crippen molar-refractivity contribution in [3.05, 3.63) is 10.1 Å². The van der Waals surface area contributed by atoms with E-state index >= 15 is 0 Å². The Balaban J connectivity index is 2.01. The summed E-state index contributed by atoms with van der Waals surface area (Å²) in [4.78, 5) is 9.81. The molecule has 0 heterocycles. The monoisotopic (exact) mass is 189 g/mol. The van der Waals surface area contributed by atoms with Crippen LogP contribution in [0.5, 0.6) is 0 Å². The van der Waals surface area contributed by atoms with E-state index in [1.807, 2.05) is 0 Å². The third kappa shape index (κ3) is 3.95. The Morgan fingerprint density at radius 2 is 2.00 bits per heavy atom. The van der Waals surface area contributed by atoms with Gasteiger partial charge in [0.05, 0.1) is 5.75 Å². The van der Waals surface area contributed by atoms with Crippen molar-refractivity contribution in [2.75, 3.05) is 12.3 Å². The molecular weight excluding hydrogens is 174 g/mol. The molecule has 1 rings (SSSR count). The second-order valence-electron chi connectivity index (χ2n) is 3.19. The summed E-state index contributed by atoms with van der Waals surface area (Å²) < 4.78 is 0. The van der Waals surface area contributed by atoms with E-state index in [4.69, 9.17) is 0 Å². The van der Waals surface area contributed by atoms with Crippen LogP contribution >= 0.6 is 11.8 Å². The summed E-state index contributed by atoms with van der Waals surface area (Å²) in [6, 6.07) is 0. The van der Waals surface area contributed by atoms with Crippen LogP contribution < -0.4 is 0 Å². The van der Waals surface area contributed by atoms with Crippen LogP contribution in [0.1, 0.15) is 32.1 Å². The molecule has 70 valence electrons. The quantitative estimate of drug-likeness (QED) is 0.503. The molecule has 0 aromatic carbocycles. The number of nitro groups is 1. The second kappa shape index (κ2) is 5.41. The minimum absolute atomic E-state index is 0.126.